The van der Waals surface area contributed by atoms with Gasteiger partial charge in [0.05, 0.1) is 5.54 Å². The summed E-state index contributed by atoms with van der Waals surface area (Å²) in [5, 5.41) is 7.11. The molecule has 3 nitrogen and oxygen atoms in total. The summed E-state index contributed by atoms with van der Waals surface area (Å²) >= 11 is 1.99. The van der Waals surface area contributed by atoms with Crippen molar-refractivity contribution in [2.75, 3.05) is 18.8 Å². The summed E-state index contributed by atoms with van der Waals surface area (Å²) in [6.07, 6.45) is 5.89. The number of hydrogen-bond donors (Lipinski definition) is 2. The van der Waals surface area contributed by atoms with Crippen LogP contribution in [0, 0.1) is 0 Å². The summed E-state index contributed by atoms with van der Waals surface area (Å²) in [4.78, 5) is 12.1. The fraction of sp³-hybridized carbons (Fsp3) is 0.917. The summed E-state index contributed by atoms with van der Waals surface area (Å²) in [5.41, 5.74) is -0.318. The van der Waals surface area contributed by atoms with Gasteiger partial charge in [0.2, 0.25) is 5.91 Å². The molecule has 2 saturated heterocycles. The fourth-order valence-electron chi connectivity index (χ4n) is 2.46. The maximum Gasteiger partial charge on any atom is 0.240 e. The second kappa shape index (κ2) is 5.41. The van der Waals surface area contributed by atoms with Gasteiger partial charge in [0, 0.05) is 11.8 Å². The van der Waals surface area contributed by atoms with Gasteiger partial charge in [-0.2, -0.15) is 11.8 Å². The first kappa shape index (κ1) is 12.2. The summed E-state index contributed by atoms with van der Waals surface area (Å²) in [6, 6.07) is 0. The van der Waals surface area contributed by atoms with Crippen LogP contribution in [0.2, 0.25) is 0 Å². The van der Waals surface area contributed by atoms with Gasteiger partial charge < -0.3 is 10.6 Å². The molecule has 2 heterocycles. The molecule has 2 atom stereocenters. The van der Waals surface area contributed by atoms with Crippen molar-refractivity contribution in [3.05, 3.63) is 0 Å². The van der Waals surface area contributed by atoms with E-state index in [2.05, 4.69) is 10.6 Å². The molecule has 0 radical (unpaired) electrons. The smallest absolute Gasteiger partial charge is 0.240 e. The highest BCUT2D eigenvalue weighted by atomic mass is 32.2. The van der Waals surface area contributed by atoms with Gasteiger partial charge >= 0.3 is 0 Å². The molecule has 92 valence electrons. The molecule has 2 aliphatic heterocycles. The topological polar surface area (TPSA) is 41.1 Å². The first-order chi connectivity index (χ1) is 7.71. The summed E-state index contributed by atoms with van der Waals surface area (Å²) in [5.74, 6) is 1.45. The maximum atomic E-state index is 12.1. The third kappa shape index (κ3) is 2.92. The zero-order chi connectivity index (χ0) is 11.4. The number of hydrogen-bond acceptors (Lipinski definition) is 3. The van der Waals surface area contributed by atoms with E-state index in [4.69, 9.17) is 0 Å². The number of rotatable bonds is 3. The van der Waals surface area contributed by atoms with E-state index in [9.17, 15) is 4.79 Å². The largest absolute Gasteiger partial charge is 0.353 e. The second-order valence-corrected chi connectivity index (χ2v) is 6.47. The number of carbonyl (C=O) groups is 1. The van der Waals surface area contributed by atoms with Crippen molar-refractivity contribution < 1.29 is 4.79 Å². The molecule has 0 aliphatic carbocycles. The van der Waals surface area contributed by atoms with Crippen LogP contribution in [0.25, 0.3) is 0 Å². The number of carbonyl (C=O) groups excluding carboxylic acids is 1. The second-order valence-electron chi connectivity index (χ2n) is 5.06. The van der Waals surface area contributed by atoms with E-state index < -0.39 is 0 Å². The maximum absolute atomic E-state index is 12.1. The molecular weight excluding hydrogens is 220 g/mol. The summed E-state index contributed by atoms with van der Waals surface area (Å²) in [7, 11) is 0. The predicted octanol–water partition coefficient (Wildman–Crippen LogP) is 1.53. The average Bonchev–Trinajstić information content (AvgIpc) is 2.79. The van der Waals surface area contributed by atoms with E-state index in [-0.39, 0.29) is 11.4 Å². The van der Waals surface area contributed by atoms with Crippen LogP contribution >= 0.6 is 11.8 Å². The molecule has 4 heteroatoms. The number of piperidine rings is 1. The molecule has 2 rings (SSSR count). The van der Waals surface area contributed by atoms with Gasteiger partial charge in [-0.15, -0.1) is 0 Å². The molecule has 0 aromatic carbocycles. The lowest BCUT2D eigenvalue weighted by Gasteiger charge is -2.33. The van der Waals surface area contributed by atoms with E-state index in [1.54, 1.807) is 0 Å². The Kier molecular flexibility index (Phi) is 4.14. The lowest BCUT2D eigenvalue weighted by atomic mass is 9.90. The lowest BCUT2D eigenvalue weighted by molar-refractivity contribution is -0.127. The van der Waals surface area contributed by atoms with E-state index in [0.29, 0.717) is 5.25 Å². The van der Waals surface area contributed by atoms with Gasteiger partial charge in [-0.1, -0.05) is 0 Å². The van der Waals surface area contributed by atoms with Gasteiger partial charge in [-0.25, -0.2) is 0 Å². The number of thioether (sulfide) groups is 1. The van der Waals surface area contributed by atoms with Crippen LogP contribution in [0.3, 0.4) is 0 Å². The normalized spacial score (nSPS) is 34.9. The molecule has 2 unspecified atom stereocenters. The first-order valence-corrected chi connectivity index (χ1v) is 7.40. The Morgan fingerprint density at radius 3 is 3.00 bits per heavy atom. The highest BCUT2D eigenvalue weighted by molar-refractivity contribution is 8.00. The Morgan fingerprint density at radius 1 is 1.50 bits per heavy atom. The van der Waals surface area contributed by atoms with Crippen molar-refractivity contribution >= 4 is 17.7 Å². The third-order valence-electron chi connectivity index (χ3n) is 3.63. The minimum absolute atomic E-state index is 0.194. The van der Waals surface area contributed by atoms with Gasteiger partial charge in [-0.3, -0.25) is 4.79 Å². The van der Waals surface area contributed by atoms with E-state index in [1.807, 2.05) is 18.7 Å². The Hall–Kier alpha value is -0.220. The van der Waals surface area contributed by atoms with E-state index in [1.165, 1.54) is 25.0 Å². The van der Waals surface area contributed by atoms with Gasteiger partial charge in [0.25, 0.3) is 0 Å². The van der Waals surface area contributed by atoms with Crippen LogP contribution in [-0.2, 0) is 4.79 Å². The zero-order valence-corrected chi connectivity index (χ0v) is 10.9. The standard InChI is InChI=1S/C12H22N2OS/c1-12(6-2-3-7-14-12)11(15)13-9-10-5-4-8-16-10/h10,14H,2-9H2,1H3,(H,13,15). The first-order valence-electron chi connectivity index (χ1n) is 6.36. The SMILES string of the molecule is CC1(C(=O)NCC2CCCS2)CCCCN1. The van der Waals surface area contributed by atoms with Gasteiger partial charge in [0.15, 0.2) is 0 Å². The zero-order valence-electron chi connectivity index (χ0n) is 10.1. The molecule has 0 spiro atoms. The summed E-state index contributed by atoms with van der Waals surface area (Å²) in [6.45, 7) is 3.85. The number of nitrogens with one attached hydrogen (secondary N) is 2. The molecular formula is C12H22N2OS. The van der Waals surface area contributed by atoms with Crippen LogP contribution in [0.4, 0.5) is 0 Å². The molecule has 0 saturated carbocycles. The Morgan fingerprint density at radius 2 is 2.38 bits per heavy atom. The van der Waals surface area contributed by atoms with Crippen LogP contribution in [0.1, 0.15) is 39.0 Å². The Labute approximate surface area is 102 Å². The number of amides is 1. The minimum atomic E-state index is -0.318. The molecule has 2 fully saturated rings. The Balaban J connectivity index is 1.77. The molecule has 16 heavy (non-hydrogen) atoms. The van der Waals surface area contributed by atoms with Crippen molar-refractivity contribution in [1.29, 1.82) is 0 Å². The van der Waals surface area contributed by atoms with Gasteiger partial charge in [-0.05, 0) is 51.3 Å². The predicted molar refractivity (Wildman–Crippen MR) is 68.7 cm³/mol. The lowest BCUT2D eigenvalue weighted by Crippen LogP contribution is -2.57. The quantitative estimate of drug-likeness (QED) is 0.788. The highest BCUT2D eigenvalue weighted by Gasteiger charge is 2.34. The summed E-state index contributed by atoms with van der Waals surface area (Å²) < 4.78 is 0. The van der Waals surface area contributed by atoms with Crippen molar-refractivity contribution in [1.82, 2.24) is 10.6 Å². The van der Waals surface area contributed by atoms with Crippen molar-refractivity contribution in [3.63, 3.8) is 0 Å². The van der Waals surface area contributed by atoms with Gasteiger partial charge in [0.1, 0.15) is 0 Å². The van der Waals surface area contributed by atoms with Crippen LogP contribution in [0.5, 0.6) is 0 Å². The third-order valence-corrected chi connectivity index (χ3v) is 5.03. The molecule has 2 N–H and O–H groups in total. The monoisotopic (exact) mass is 242 g/mol. The van der Waals surface area contributed by atoms with Crippen LogP contribution < -0.4 is 10.6 Å². The fourth-order valence-corrected chi connectivity index (χ4v) is 3.66. The van der Waals surface area contributed by atoms with E-state index in [0.717, 1.165) is 25.9 Å². The molecule has 1 amide bonds. The van der Waals surface area contributed by atoms with E-state index >= 15 is 0 Å². The van der Waals surface area contributed by atoms with Crippen LogP contribution in [0.15, 0.2) is 0 Å². The molecule has 0 aromatic heterocycles. The van der Waals surface area contributed by atoms with Crippen molar-refractivity contribution in [3.8, 4) is 0 Å². The Bertz CT molecular complexity index is 245. The minimum Gasteiger partial charge on any atom is -0.353 e. The molecule has 0 aromatic rings. The molecule has 0 bridgehead atoms. The van der Waals surface area contributed by atoms with Crippen molar-refractivity contribution in [2.24, 2.45) is 0 Å². The van der Waals surface area contributed by atoms with Crippen molar-refractivity contribution in [2.45, 2.75) is 49.8 Å². The average molecular weight is 242 g/mol. The molecule has 2 aliphatic rings. The van der Waals surface area contributed by atoms with Crippen LogP contribution in [-0.4, -0.2) is 35.5 Å². The highest BCUT2D eigenvalue weighted by Crippen LogP contribution is 2.25.